The number of ether oxygens (including phenoxy) is 1. The zero-order valence-electron chi connectivity index (χ0n) is 10.6. The summed E-state index contributed by atoms with van der Waals surface area (Å²) in [6, 6.07) is 12.2. The average Bonchev–Trinajstić information content (AvgIpc) is 2.82. The van der Waals surface area contributed by atoms with E-state index in [1.54, 1.807) is 6.07 Å². The van der Waals surface area contributed by atoms with Crippen LogP contribution < -0.4 is 4.74 Å². The standard InChI is InChI=1S/C16H15FO2/c1-10-8-11(17)6-7-12(10)16(18)14-9-19-15-5-3-2-4-13(14)15/h2-8,14,16,18H,9H2,1H3. The highest BCUT2D eigenvalue weighted by molar-refractivity contribution is 5.42. The van der Waals surface area contributed by atoms with Gasteiger partial charge in [0, 0.05) is 5.56 Å². The molecule has 0 fully saturated rings. The molecule has 98 valence electrons. The van der Waals surface area contributed by atoms with Gasteiger partial charge in [-0.3, -0.25) is 0 Å². The molecular weight excluding hydrogens is 243 g/mol. The number of rotatable bonds is 2. The largest absolute Gasteiger partial charge is 0.493 e. The third-order valence-electron chi connectivity index (χ3n) is 3.67. The SMILES string of the molecule is Cc1cc(F)ccc1C(O)C1COc2ccccc21. The maximum Gasteiger partial charge on any atom is 0.123 e. The molecular formula is C16H15FO2. The van der Waals surface area contributed by atoms with Crippen molar-refractivity contribution in [2.24, 2.45) is 0 Å². The number of benzene rings is 2. The number of aryl methyl sites for hydroxylation is 1. The van der Waals surface area contributed by atoms with Crippen molar-refractivity contribution in [1.82, 2.24) is 0 Å². The van der Waals surface area contributed by atoms with E-state index in [-0.39, 0.29) is 11.7 Å². The fraction of sp³-hybridized carbons (Fsp3) is 0.250. The van der Waals surface area contributed by atoms with Gasteiger partial charge in [0.05, 0.1) is 18.6 Å². The molecule has 1 aliphatic rings. The number of hydrogen-bond donors (Lipinski definition) is 1. The number of hydrogen-bond acceptors (Lipinski definition) is 2. The Morgan fingerprint density at radius 2 is 2.05 bits per heavy atom. The maximum absolute atomic E-state index is 13.1. The van der Waals surface area contributed by atoms with Gasteiger partial charge in [-0.25, -0.2) is 4.39 Å². The molecule has 1 aliphatic heterocycles. The molecule has 0 saturated heterocycles. The Kier molecular flexibility index (Phi) is 2.99. The summed E-state index contributed by atoms with van der Waals surface area (Å²) in [7, 11) is 0. The molecule has 0 aliphatic carbocycles. The molecule has 2 aromatic carbocycles. The van der Waals surface area contributed by atoms with Crippen molar-refractivity contribution in [3.05, 3.63) is 65.0 Å². The van der Waals surface area contributed by atoms with Gasteiger partial charge in [-0.15, -0.1) is 0 Å². The van der Waals surface area contributed by atoms with Crippen LogP contribution in [-0.2, 0) is 0 Å². The average molecular weight is 258 g/mol. The molecule has 0 bridgehead atoms. The van der Waals surface area contributed by atoms with Gasteiger partial charge in [-0.05, 0) is 36.2 Å². The molecule has 3 rings (SSSR count). The van der Waals surface area contributed by atoms with Gasteiger partial charge in [0.1, 0.15) is 11.6 Å². The third kappa shape index (κ3) is 2.10. The lowest BCUT2D eigenvalue weighted by Gasteiger charge is -2.19. The highest BCUT2D eigenvalue weighted by atomic mass is 19.1. The summed E-state index contributed by atoms with van der Waals surface area (Å²) in [4.78, 5) is 0. The lowest BCUT2D eigenvalue weighted by molar-refractivity contribution is 0.129. The number of halogens is 1. The van der Waals surface area contributed by atoms with Crippen molar-refractivity contribution < 1.29 is 14.2 Å². The summed E-state index contributed by atoms with van der Waals surface area (Å²) >= 11 is 0. The fourth-order valence-corrected chi connectivity index (χ4v) is 2.64. The zero-order valence-corrected chi connectivity index (χ0v) is 10.6. The predicted octanol–water partition coefficient (Wildman–Crippen LogP) is 3.34. The van der Waals surface area contributed by atoms with E-state index in [4.69, 9.17) is 4.74 Å². The van der Waals surface area contributed by atoms with Gasteiger partial charge < -0.3 is 9.84 Å². The molecule has 2 aromatic rings. The molecule has 0 saturated carbocycles. The van der Waals surface area contributed by atoms with Crippen LogP contribution in [0.4, 0.5) is 4.39 Å². The van der Waals surface area contributed by atoms with Gasteiger partial charge in [0.2, 0.25) is 0 Å². The minimum absolute atomic E-state index is 0.0969. The minimum Gasteiger partial charge on any atom is -0.493 e. The van der Waals surface area contributed by atoms with E-state index in [0.717, 1.165) is 22.4 Å². The second-order valence-corrected chi connectivity index (χ2v) is 4.90. The van der Waals surface area contributed by atoms with Crippen molar-refractivity contribution >= 4 is 0 Å². The van der Waals surface area contributed by atoms with Gasteiger partial charge in [0.15, 0.2) is 0 Å². The Morgan fingerprint density at radius 1 is 1.26 bits per heavy atom. The van der Waals surface area contributed by atoms with Gasteiger partial charge in [-0.2, -0.15) is 0 Å². The summed E-state index contributed by atoms with van der Waals surface area (Å²) in [5.41, 5.74) is 2.53. The van der Waals surface area contributed by atoms with Crippen molar-refractivity contribution in [2.75, 3.05) is 6.61 Å². The first-order chi connectivity index (χ1) is 9.16. The first-order valence-corrected chi connectivity index (χ1v) is 6.32. The van der Waals surface area contributed by atoms with Crippen LogP contribution in [0.2, 0.25) is 0 Å². The van der Waals surface area contributed by atoms with Crippen LogP contribution >= 0.6 is 0 Å². The molecule has 2 nitrogen and oxygen atoms in total. The van der Waals surface area contributed by atoms with Gasteiger partial charge >= 0.3 is 0 Å². The first-order valence-electron chi connectivity index (χ1n) is 6.32. The summed E-state index contributed by atoms with van der Waals surface area (Å²) in [5, 5.41) is 10.5. The maximum atomic E-state index is 13.1. The molecule has 2 unspecified atom stereocenters. The molecule has 0 spiro atoms. The Labute approximate surface area is 111 Å². The number of aliphatic hydroxyl groups is 1. The molecule has 1 N–H and O–H groups in total. The molecule has 3 heteroatoms. The van der Waals surface area contributed by atoms with Gasteiger partial charge in [0.25, 0.3) is 0 Å². The molecule has 0 amide bonds. The Balaban J connectivity index is 1.95. The smallest absolute Gasteiger partial charge is 0.123 e. The van der Waals surface area contributed by atoms with Gasteiger partial charge in [-0.1, -0.05) is 24.3 Å². The van der Waals surface area contributed by atoms with Crippen molar-refractivity contribution in [3.8, 4) is 5.75 Å². The summed E-state index contributed by atoms with van der Waals surface area (Å²) in [6.07, 6.45) is -0.677. The van der Waals surface area contributed by atoms with Crippen LogP contribution in [0.3, 0.4) is 0 Å². The molecule has 19 heavy (non-hydrogen) atoms. The number of aliphatic hydroxyl groups excluding tert-OH is 1. The van der Waals surface area contributed by atoms with Crippen LogP contribution in [0.15, 0.2) is 42.5 Å². The number of fused-ring (bicyclic) bond motifs is 1. The Morgan fingerprint density at radius 3 is 2.84 bits per heavy atom. The second-order valence-electron chi connectivity index (χ2n) is 4.90. The van der Waals surface area contributed by atoms with Crippen LogP contribution in [0.5, 0.6) is 5.75 Å². The lowest BCUT2D eigenvalue weighted by atomic mass is 9.89. The van der Waals surface area contributed by atoms with Crippen molar-refractivity contribution in [2.45, 2.75) is 18.9 Å². The molecule has 2 atom stereocenters. The quantitative estimate of drug-likeness (QED) is 0.895. The van der Waals surface area contributed by atoms with Crippen molar-refractivity contribution in [1.29, 1.82) is 0 Å². The second kappa shape index (κ2) is 4.67. The highest BCUT2D eigenvalue weighted by Crippen LogP contribution is 2.41. The summed E-state index contributed by atoms with van der Waals surface area (Å²) < 4.78 is 18.7. The topological polar surface area (TPSA) is 29.5 Å². The Hall–Kier alpha value is -1.87. The third-order valence-corrected chi connectivity index (χ3v) is 3.67. The van der Waals surface area contributed by atoms with Crippen LogP contribution in [-0.4, -0.2) is 11.7 Å². The monoisotopic (exact) mass is 258 g/mol. The van der Waals surface area contributed by atoms with Crippen LogP contribution in [0.1, 0.15) is 28.7 Å². The van der Waals surface area contributed by atoms with Crippen LogP contribution in [0, 0.1) is 12.7 Å². The van der Waals surface area contributed by atoms with E-state index in [1.807, 2.05) is 31.2 Å². The minimum atomic E-state index is -0.677. The predicted molar refractivity (Wildman–Crippen MR) is 70.8 cm³/mol. The lowest BCUT2D eigenvalue weighted by Crippen LogP contribution is -2.13. The van der Waals surface area contributed by atoms with E-state index < -0.39 is 6.10 Å². The number of para-hydroxylation sites is 1. The first kappa shape index (κ1) is 12.2. The van der Waals surface area contributed by atoms with E-state index in [1.165, 1.54) is 12.1 Å². The molecule has 1 heterocycles. The fourth-order valence-electron chi connectivity index (χ4n) is 2.64. The summed E-state index contributed by atoms with van der Waals surface area (Å²) in [5.74, 6) is 0.447. The van der Waals surface area contributed by atoms with E-state index in [9.17, 15) is 9.50 Å². The van der Waals surface area contributed by atoms with E-state index in [2.05, 4.69) is 0 Å². The van der Waals surface area contributed by atoms with Crippen LogP contribution in [0.25, 0.3) is 0 Å². The highest BCUT2D eigenvalue weighted by Gasteiger charge is 2.31. The molecule has 0 aromatic heterocycles. The summed E-state index contributed by atoms with van der Waals surface area (Å²) in [6.45, 7) is 2.26. The van der Waals surface area contributed by atoms with E-state index >= 15 is 0 Å². The zero-order chi connectivity index (χ0) is 13.4. The van der Waals surface area contributed by atoms with E-state index in [0.29, 0.717) is 6.61 Å². The molecule has 0 radical (unpaired) electrons. The Bertz CT molecular complexity index is 609. The van der Waals surface area contributed by atoms with Crippen molar-refractivity contribution in [3.63, 3.8) is 0 Å². The normalized spacial score (nSPS) is 18.8.